The molecule has 6 heteroatoms. The summed E-state index contributed by atoms with van der Waals surface area (Å²) in [6.07, 6.45) is 7.13. The number of aliphatic hydroxyl groups is 1. The van der Waals surface area contributed by atoms with Crippen molar-refractivity contribution in [1.82, 2.24) is 0 Å². The van der Waals surface area contributed by atoms with Gasteiger partial charge < -0.3 is 14.9 Å². The molecule has 0 heterocycles. The van der Waals surface area contributed by atoms with Crippen LogP contribution in [0.4, 0.5) is 0 Å². The van der Waals surface area contributed by atoms with Crippen molar-refractivity contribution >= 4 is 17.7 Å². The number of ketones is 1. The number of carboxylic acid groups (broad SMARTS) is 1. The molecular formula is C32H48O6. The van der Waals surface area contributed by atoms with E-state index < -0.39 is 17.5 Å². The monoisotopic (exact) mass is 528 g/mol. The molecule has 4 aliphatic rings. The maximum absolute atomic E-state index is 14.1. The van der Waals surface area contributed by atoms with Gasteiger partial charge in [0.2, 0.25) is 0 Å². The number of Topliss-reactive ketones (excluding diaryl/α,β-unsaturated/α-hetero) is 1. The second kappa shape index (κ2) is 9.60. The molecule has 0 aromatic heterocycles. The second-order valence-electron chi connectivity index (χ2n) is 14.1. The van der Waals surface area contributed by atoms with E-state index in [1.807, 2.05) is 0 Å². The number of aliphatic carboxylic acids is 1. The van der Waals surface area contributed by atoms with Crippen molar-refractivity contribution in [3.8, 4) is 0 Å². The van der Waals surface area contributed by atoms with Crippen LogP contribution in [0.3, 0.4) is 0 Å². The fourth-order valence-corrected chi connectivity index (χ4v) is 9.53. The molecule has 4 aliphatic carbocycles. The minimum atomic E-state index is -0.882. The summed E-state index contributed by atoms with van der Waals surface area (Å²) in [7, 11) is 0. The van der Waals surface area contributed by atoms with E-state index in [2.05, 4.69) is 41.5 Å². The summed E-state index contributed by atoms with van der Waals surface area (Å²) < 4.78 is 5.75. The molecule has 0 aliphatic heterocycles. The lowest BCUT2D eigenvalue weighted by Gasteiger charge is -2.61. The number of allylic oxidation sites excluding steroid dienone is 2. The van der Waals surface area contributed by atoms with E-state index in [0.29, 0.717) is 30.8 Å². The van der Waals surface area contributed by atoms with E-state index in [1.165, 1.54) is 12.5 Å². The number of ether oxygens (including phenoxy) is 1. The van der Waals surface area contributed by atoms with E-state index in [4.69, 9.17) is 4.74 Å². The second-order valence-corrected chi connectivity index (χ2v) is 14.1. The van der Waals surface area contributed by atoms with E-state index in [9.17, 15) is 24.6 Å². The molecule has 0 saturated heterocycles. The Labute approximate surface area is 228 Å². The van der Waals surface area contributed by atoms with Crippen molar-refractivity contribution in [3.05, 3.63) is 22.8 Å². The van der Waals surface area contributed by atoms with E-state index in [1.54, 1.807) is 13.0 Å². The van der Waals surface area contributed by atoms with E-state index in [-0.39, 0.29) is 45.9 Å². The first kappa shape index (κ1) is 29.0. The summed E-state index contributed by atoms with van der Waals surface area (Å²) in [5, 5.41) is 20.9. The number of carboxylic acids is 1. The summed E-state index contributed by atoms with van der Waals surface area (Å²) in [4.78, 5) is 37.1. The number of rotatable bonds is 6. The zero-order chi connectivity index (χ0) is 28.4. The van der Waals surface area contributed by atoms with Crippen molar-refractivity contribution < 1.29 is 29.3 Å². The molecule has 4 rings (SSSR count). The average Bonchev–Trinajstić information content (AvgIpc) is 3.03. The minimum Gasteiger partial charge on any atom is -0.478 e. The molecule has 0 radical (unpaired) electrons. The number of aliphatic hydroxyl groups excluding tert-OH is 1. The van der Waals surface area contributed by atoms with Gasteiger partial charge >= 0.3 is 11.9 Å². The summed E-state index contributed by atoms with van der Waals surface area (Å²) >= 11 is 0. The Morgan fingerprint density at radius 3 is 2.39 bits per heavy atom. The summed E-state index contributed by atoms with van der Waals surface area (Å²) in [6.45, 7) is 16.4. The first-order valence-electron chi connectivity index (χ1n) is 14.5. The molecule has 0 aromatic carbocycles. The highest BCUT2D eigenvalue weighted by atomic mass is 16.5. The first-order chi connectivity index (χ1) is 17.5. The highest BCUT2D eigenvalue weighted by molar-refractivity contribution is 5.99. The van der Waals surface area contributed by atoms with Crippen LogP contribution in [0.1, 0.15) is 107 Å². The number of fused-ring (bicyclic) bond motifs is 4. The molecule has 38 heavy (non-hydrogen) atoms. The Morgan fingerprint density at radius 2 is 1.79 bits per heavy atom. The molecule has 6 nitrogen and oxygen atoms in total. The van der Waals surface area contributed by atoms with Gasteiger partial charge in [0.1, 0.15) is 6.10 Å². The predicted molar refractivity (Wildman–Crippen MR) is 146 cm³/mol. The third-order valence-electron chi connectivity index (χ3n) is 12.0. The Kier molecular flexibility index (Phi) is 7.34. The molecular weight excluding hydrogens is 480 g/mol. The third kappa shape index (κ3) is 4.12. The molecule has 0 amide bonds. The number of carbonyl (C=O) groups is 3. The Morgan fingerprint density at radius 1 is 1.13 bits per heavy atom. The van der Waals surface area contributed by atoms with Crippen LogP contribution in [-0.4, -0.2) is 40.1 Å². The van der Waals surface area contributed by atoms with Crippen molar-refractivity contribution in [2.75, 3.05) is 0 Å². The molecule has 2 fully saturated rings. The highest BCUT2D eigenvalue weighted by Crippen LogP contribution is 2.72. The number of esters is 1. The van der Waals surface area contributed by atoms with Crippen LogP contribution in [0.2, 0.25) is 0 Å². The molecule has 0 bridgehead atoms. The zero-order valence-corrected chi connectivity index (χ0v) is 24.6. The number of hydrogen-bond donors (Lipinski definition) is 2. The quantitative estimate of drug-likeness (QED) is 0.311. The van der Waals surface area contributed by atoms with E-state index >= 15 is 0 Å². The predicted octanol–water partition coefficient (Wildman–Crippen LogP) is 6.26. The normalized spacial score (nSPS) is 41.2. The summed E-state index contributed by atoms with van der Waals surface area (Å²) in [5.41, 5.74) is 1.23. The van der Waals surface area contributed by atoms with Gasteiger partial charge in [0.25, 0.3) is 0 Å². The molecule has 0 aromatic rings. The van der Waals surface area contributed by atoms with Crippen molar-refractivity contribution in [3.63, 3.8) is 0 Å². The van der Waals surface area contributed by atoms with Gasteiger partial charge in [-0.2, -0.15) is 0 Å². The summed E-state index contributed by atoms with van der Waals surface area (Å²) in [6, 6.07) is 0. The average molecular weight is 529 g/mol. The van der Waals surface area contributed by atoms with Gasteiger partial charge in [0.15, 0.2) is 5.78 Å². The molecule has 0 spiro atoms. The van der Waals surface area contributed by atoms with Gasteiger partial charge in [-0.3, -0.25) is 9.59 Å². The van der Waals surface area contributed by atoms with Gasteiger partial charge in [0, 0.05) is 35.3 Å². The number of hydrogen-bond acceptors (Lipinski definition) is 5. The maximum Gasteiger partial charge on any atom is 0.330 e. The van der Waals surface area contributed by atoms with Crippen LogP contribution in [0, 0.1) is 39.4 Å². The van der Waals surface area contributed by atoms with Crippen LogP contribution in [0.5, 0.6) is 0 Å². The van der Waals surface area contributed by atoms with Crippen molar-refractivity contribution in [1.29, 1.82) is 0 Å². The Hall–Kier alpha value is -1.95. The lowest BCUT2D eigenvalue weighted by molar-refractivity contribution is -0.168. The zero-order valence-electron chi connectivity index (χ0n) is 24.6. The van der Waals surface area contributed by atoms with Gasteiger partial charge in [0.05, 0.1) is 6.10 Å². The molecule has 2 saturated carbocycles. The summed E-state index contributed by atoms with van der Waals surface area (Å²) in [5.74, 6) is -0.337. The van der Waals surface area contributed by atoms with Crippen LogP contribution in [0.25, 0.3) is 0 Å². The van der Waals surface area contributed by atoms with Crippen molar-refractivity contribution in [2.45, 2.75) is 119 Å². The molecule has 212 valence electrons. The topological polar surface area (TPSA) is 101 Å². The van der Waals surface area contributed by atoms with Crippen LogP contribution >= 0.6 is 0 Å². The SMILES string of the molecule is CC(=O)O[C@H]1CC[C@]2(C)C3=C(C(=O)C[C@H]2C1(C)C)[C@]1(C)[C@@H](O)C[C@H]([C@H](C)CC/C=C(\C)C(=O)O)[C@@]1(C)CC3. The fourth-order valence-electron chi connectivity index (χ4n) is 9.53. The van der Waals surface area contributed by atoms with Crippen LogP contribution in [-0.2, 0) is 19.1 Å². The lowest BCUT2D eigenvalue weighted by Crippen LogP contribution is -2.58. The van der Waals surface area contributed by atoms with Gasteiger partial charge in [-0.05, 0) is 80.5 Å². The third-order valence-corrected chi connectivity index (χ3v) is 12.0. The first-order valence-corrected chi connectivity index (χ1v) is 14.5. The van der Waals surface area contributed by atoms with Crippen molar-refractivity contribution in [2.24, 2.45) is 39.4 Å². The maximum atomic E-state index is 14.1. The minimum absolute atomic E-state index is 0.0878. The highest BCUT2D eigenvalue weighted by Gasteiger charge is 2.68. The van der Waals surface area contributed by atoms with Gasteiger partial charge in [-0.1, -0.05) is 53.2 Å². The Balaban J connectivity index is 1.69. The molecule has 8 atom stereocenters. The standard InChI is InChI=1S/C32H48O6/c1-18(10-9-11-19(2)28(36)37)22-16-25(35)32(8)27-21(12-15-31(22,32)7)30(6)14-13-26(38-20(3)33)29(4,5)24(30)17-23(27)34/h11,18,22,24-26,35H,9-10,12-17H2,1-8H3,(H,36,37)/b19-11+/t18-,22-,24+,25+,26+,30-,31-,32+/m1/s1. The Bertz CT molecular complexity index is 1080. The van der Waals surface area contributed by atoms with Crippen LogP contribution in [0.15, 0.2) is 22.8 Å². The van der Waals surface area contributed by atoms with Crippen LogP contribution < -0.4 is 0 Å². The fraction of sp³-hybridized carbons (Fsp3) is 0.781. The number of carbonyl (C=O) groups excluding carboxylic acids is 2. The van der Waals surface area contributed by atoms with Gasteiger partial charge in [-0.25, -0.2) is 4.79 Å². The van der Waals surface area contributed by atoms with Gasteiger partial charge in [-0.15, -0.1) is 0 Å². The molecule has 0 unspecified atom stereocenters. The molecule has 2 N–H and O–H groups in total. The lowest BCUT2D eigenvalue weighted by atomic mass is 9.43. The largest absolute Gasteiger partial charge is 0.478 e. The van der Waals surface area contributed by atoms with E-state index in [0.717, 1.165) is 37.7 Å². The smallest absolute Gasteiger partial charge is 0.330 e.